The zero-order valence-electron chi connectivity index (χ0n) is 19.0. The fraction of sp³-hybridized carbons (Fsp3) is 0.348. The number of morpholine rings is 1. The SMILES string of the molecule is O=C1NC(=O)/C(=C/c2cnn3c(NC4CC4)cc(NCc4cccnc4N4CCOCC4)nc23)N1. The lowest BCUT2D eigenvalue weighted by Gasteiger charge is -2.29. The van der Waals surface area contributed by atoms with Gasteiger partial charge in [0.1, 0.15) is 23.2 Å². The number of pyridine rings is 1. The fourth-order valence-electron chi connectivity index (χ4n) is 4.16. The van der Waals surface area contributed by atoms with Gasteiger partial charge in [0, 0.05) is 49.1 Å². The standard InChI is InChI=1S/C23H25N9O3/c33-22-17(28-23(34)30-22)10-15-13-26-32-19(27-16-3-4-16)11-18(29-21(15)32)25-12-14-2-1-5-24-20(14)31-6-8-35-9-7-31/h1-2,5,10-11,13,16,27H,3-4,6-9,12H2,(H,25,29)(H2,28,30,33,34)/b17-10-. The molecule has 0 atom stereocenters. The second kappa shape index (κ2) is 8.87. The number of rotatable bonds is 7. The molecule has 0 spiro atoms. The van der Waals surface area contributed by atoms with Crippen LogP contribution in [0.3, 0.4) is 0 Å². The third-order valence-electron chi connectivity index (χ3n) is 6.09. The van der Waals surface area contributed by atoms with Crippen molar-refractivity contribution in [2.45, 2.75) is 25.4 Å². The molecule has 6 rings (SSSR count). The van der Waals surface area contributed by atoms with Crippen molar-refractivity contribution in [3.63, 3.8) is 0 Å². The minimum atomic E-state index is -0.545. The fourth-order valence-corrected chi connectivity index (χ4v) is 4.16. The van der Waals surface area contributed by atoms with Crippen LogP contribution in [0.15, 0.2) is 36.3 Å². The van der Waals surface area contributed by atoms with Gasteiger partial charge >= 0.3 is 6.03 Å². The molecule has 3 aromatic heterocycles. The second-order valence-electron chi connectivity index (χ2n) is 8.69. The largest absolute Gasteiger partial charge is 0.378 e. The second-order valence-corrected chi connectivity index (χ2v) is 8.69. The van der Waals surface area contributed by atoms with Crippen LogP contribution in [-0.4, -0.2) is 63.9 Å². The molecule has 12 heteroatoms. The highest BCUT2D eigenvalue weighted by Gasteiger charge is 2.25. The first-order valence-corrected chi connectivity index (χ1v) is 11.6. The highest BCUT2D eigenvalue weighted by Crippen LogP contribution is 2.28. The van der Waals surface area contributed by atoms with Crippen LogP contribution in [0.1, 0.15) is 24.0 Å². The van der Waals surface area contributed by atoms with Crippen LogP contribution in [0.2, 0.25) is 0 Å². The van der Waals surface area contributed by atoms with Gasteiger partial charge in [-0.3, -0.25) is 10.1 Å². The molecule has 0 aromatic carbocycles. The van der Waals surface area contributed by atoms with E-state index in [1.807, 2.05) is 12.1 Å². The third-order valence-corrected chi connectivity index (χ3v) is 6.09. The van der Waals surface area contributed by atoms with Crippen LogP contribution in [0.4, 0.5) is 22.2 Å². The number of aromatic nitrogens is 4. The number of hydrogen-bond donors (Lipinski definition) is 4. The lowest BCUT2D eigenvalue weighted by atomic mass is 10.2. The number of anilines is 3. The number of hydrogen-bond acceptors (Lipinski definition) is 9. The van der Waals surface area contributed by atoms with Crippen molar-refractivity contribution in [3.8, 4) is 0 Å². The Labute approximate surface area is 200 Å². The maximum atomic E-state index is 12.0. The van der Waals surface area contributed by atoms with Crippen molar-refractivity contribution in [1.82, 2.24) is 30.2 Å². The number of ether oxygens (including phenoxy) is 1. The number of carbonyl (C=O) groups is 2. The Bertz CT molecular complexity index is 1330. The highest BCUT2D eigenvalue weighted by atomic mass is 16.5. The average Bonchev–Trinajstić information content (AvgIpc) is 3.51. The normalized spacial score (nSPS) is 19.2. The van der Waals surface area contributed by atoms with Gasteiger partial charge in [-0.05, 0) is 25.0 Å². The van der Waals surface area contributed by atoms with E-state index in [4.69, 9.17) is 9.72 Å². The van der Waals surface area contributed by atoms with Gasteiger partial charge in [0.05, 0.1) is 19.4 Å². The van der Waals surface area contributed by atoms with E-state index in [2.05, 4.69) is 42.3 Å². The zero-order valence-corrected chi connectivity index (χ0v) is 19.0. The van der Waals surface area contributed by atoms with E-state index in [0.717, 1.165) is 43.1 Å². The van der Waals surface area contributed by atoms with Gasteiger partial charge in [-0.25, -0.2) is 14.8 Å². The molecule has 1 aliphatic carbocycles. The summed E-state index contributed by atoms with van der Waals surface area (Å²) in [6, 6.07) is 5.79. The molecule has 2 aliphatic heterocycles. The van der Waals surface area contributed by atoms with E-state index in [0.29, 0.717) is 42.8 Å². The molecule has 3 aliphatic rings. The van der Waals surface area contributed by atoms with E-state index in [1.54, 1.807) is 23.0 Å². The molecular weight excluding hydrogens is 450 g/mol. The van der Waals surface area contributed by atoms with Crippen LogP contribution in [0.5, 0.6) is 0 Å². The summed E-state index contributed by atoms with van der Waals surface area (Å²) in [7, 11) is 0. The molecule has 1 saturated carbocycles. The predicted octanol–water partition coefficient (Wildman–Crippen LogP) is 1.33. The number of fused-ring (bicyclic) bond motifs is 1. The van der Waals surface area contributed by atoms with E-state index in [1.165, 1.54) is 0 Å². The smallest absolute Gasteiger partial charge is 0.326 e. The Hall–Kier alpha value is -4.19. The lowest BCUT2D eigenvalue weighted by molar-refractivity contribution is -0.115. The Morgan fingerprint density at radius 2 is 2.06 bits per heavy atom. The van der Waals surface area contributed by atoms with Gasteiger partial charge in [0.15, 0.2) is 5.65 Å². The number of carbonyl (C=O) groups excluding carboxylic acids is 2. The maximum absolute atomic E-state index is 12.0. The predicted molar refractivity (Wildman–Crippen MR) is 129 cm³/mol. The molecule has 180 valence electrons. The van der Waals surface area contributed by atoms with E-state index < -0.39 is 11.9 Å². The van der Waals surface area contributed by atoms with Crippen molar-refractivity contribution < 1.29 is 14.3 Å². The molecule has 2 saturated heterocycles. The Kier molecular flexibility index (Phi) is 5.41. The van der Waals surface area contributed by atoms with Gasteiger partial charge in [-0.1, -0.05) is 6.07 Å². The van der Waals surface area contributed by atoms with Gasteiger partial charge in [-0.2, -0.15) is 9.61 Å². The molecule has 3 amide bonds. The molecule has 3 aromatic rings. The quantitative estimate of drug-likeness (QED) is 0.294. The van der Waals surface area contributed by atoms with Crippen LogP contribution < -0.4 is 26.2 Å². The summed E-state index contributed by atoms with van der Waals surface area (Å²) in [5.41, 5.74) is 2.41. The molecule has 0 radical (unpaired) electrons. The van der Waals surface area contributed by atoms with Gasteiger partial charge < -0.3 is 25.6 Å². The molecular formula is C23H25N9O3. The Morgan fingerprint density at radius 1 is 1.20 bits per heavy atom. The maximum Gasteiger partial charge on any atom is 0.326 e. The minimum Gasteiger partial charge on any atom is -0.378 e. The Morgan fingerprint density at radius 3 is 2.83 bits per heavy atom. The van der Waals surface area contributed by atoms with Gasteiger partial charge in [0.25, 0.3) is 5.91 Å². The van der Waals surface area contributed by atoms with Crippen LogP contribution in [0.25, 0.3) is 11.7 Å². The van der Waals surface area contributed by atoms with Crippen molar-refractivity contribution in [1.29, 1.82) is 0 Å². The zero-order chi connectivity index (χ0) is 23.8. The van der Waals surface area contributed by atoms with Crippen LogP contribution in [0, 0.1) is 0 Å². The summed E-state index contributed by atoms with van der Waals surface area (Å²) in [5.74, 6) is 1.94. The monoisotopic (exact) mass is 475 g/mol. The summed E-state index contributed by atoms with van der Waals surface area (Å²) < 4.78 is 7.20. The molecule has 5 heterocycles. The molecule has 0 unspecified atom stereocenters. The summed E-state index contributed by atoms with van der Waals surface area (Å²) in [6.45, 7) is 3.53. The number of urea groups is 1. The van der Waals surface area contributed by atoms with E-state index in [-0.39, 0.29) is 5.70 Å². The molecule has 12 nitrogen and oxygen atoms in total. The molecule has 35 heavy (non-hydrogen) atoms. The lowest BCUT2D eigenvalue weighted by Crippen LogP contribution is -2.37. The minimum absolute atomic E-state index is 0.160. The van der Waals surface area contributed by atoms with Crippen molar-refractivity contribution >= 4 is 41.1 Å². The first-order chi connectivity index (χ1) is 17.1. The Balaban J connectivity index is 1.31. The highest BCUT2D eigenvalue weighted by molar-refractivity contribution is 6.14. The van der Waals surface area contributed by atoms with E-state index in [9.17, 15) is 9.59 Å². The molecule has 3 fully saturated rings. The van der Waals surface area contributed by atoms with Crippen molar-refractivity contribution in [3.05, 3.63) is 47.4 Å². The van der Waals surface area contributed by atoms with Crippen LogP contribution >= 0.6 is 0 Å². The number of amides is 3. The summed E-state index contributed by atoms with van der Waals surface area (Å²) in [4.78, 5) is 35.1. The number of nitrogens with zero attached hydrogens (tertiary/aromatic N) is 5. The van der Waals surface area contributed by atoms with Gasteiger partial charge in [0.2, 0.25) is 0 Å². The number of imide groups is 1. The molecule has 0 bridgehead atoms. The topological polar surface area (TPSA) is 138 Å². The first-order valence-electron chi connectivity index (χ1n) is 11.6. The average molecular weight is 476 g/mol. The summed E-state index contributed by atoms with van der Waals surface area (Å²) >= 11 is 0. The van der Waals surface area contributed by atoms with E-state index >= 15 is 0 Å². The third kappa shape index (κ3) is 4.47. The van der Waals surface area contributed by atoms with Crippen molar-refractivity contribution in [2.75, 3.05) is 41.8 Å². The van der Waals surface area contributed by atoms with Crippen LogP contribution in [-0.2, 0) is 16.1 Å². The van der Waals surface area contributed by atoms with Gasteiger partial charge in [-0.15, -0.1) is 0 Å². The van der Waals surface area contributed by atoms with Crippen molar-refractivity contribution in [2.24, 2.45) is 0 Å². The first kappa shape index (κ1) is 21.4. The summed E-state index contributed by atoms with van der Waals surface area (Å²) in [5, 5.41) is 16.1. The molecule has 4 N–H and O–H groups in total. The number of nitrogens with one attached hydrogen (secondary N) is 4. The summed E-state index contributed by atoms with van der Waals surface area (Å²) in [6.07, 6.45) is 7.23.